The minimum atomic E-state index is 0.688. The SMILES string of the molecule is Cc1c(NN)ncnc1N1CCCc2ccccc2C1. The zero-order valence-corrected chi connectivity index (χ0v) is 11.6. The zero-order chi connectivity index (χ0) is 13.9. The normalized spacial score (nSPS) is 14.6. The molecule has 1 aliphatic heterocycles. The van der Waals surface area contributed by atoms with Gasteiger partial charge in [0.1, 0.15) is 18.0 Å². The molecule has 5 nitrogen and oxygen atoms in total. The number of nitrogens with zero attached hydrogens (tertiary/aromatic N) is 3. The average molecular weight is 269 g/mol. The third-order valence-corrected chi connectivity index (χ3v) is 3.85. The van der Waals surface area contributed by atoms with Crippen molar-refractivity contribution in [3.8, 4) is 0 Å². The molecule has 2 heterocycles. The van der Waals surface area contributed by atoms with Gasteiger partial charge in [-0.25, -0.2) is 15.8 Å². The van der Waals surface area contributed by atoms with E-state index in [1.54, 1.807) is 6.33 Å². The van der Waals surface area contributed by atoms with Crippen molar-refractivity contribution in [2.45, 2.75) is 26.3 Å². The number of nitrogen functional groups attached to an aromatic ring is 1. The number of hydrogen-bond acceptors (Lipinski definition) is 5. The van der Waals surface area contributed by atoms with Crippen molar-refractivity contribution in [3.05, 3.63) is 47.3 Å². The van der Waals surface area contributed by atoms with Crippen LogP contribution < -0.4 is 16.2 Å². The fourth-order valence-corrected chi connectivity index (χ4v) is 2.79. The molecule has 5 heteroatoms. The molecule has 1 aliphatic rings. The molecule has 0 atom stereocenters. The van der Waals surface area contributed by atoms with Crippen molar-refractivity contribution in [2.75, 3.05) is 16.9 Å². The second kappa shape index (κ2) is 5.46. The van der Waals surface area contributed by atoms with E-state index in [-0.39, 0.29) is 0 Å². The van der Waals surface area contributed by atoms with E-state index < -0.39 is 0 Å². The highest BCUT2D eigenvalue weighted by atomic mass is 15.3. The third kappa shape index (κ3) is 2.32. The number of anilines is 2. The lowest BCUT2D eigenvalue weighted by atomic mass is 10.0. The number of nitrogens with two attached hydrogens (primary N) is 1. The number of hydrazine groups is 1. The van der Waals surface area contributed by atoms with Crippen LogP contribution in [-0.2, 0) is 13.0 Å². The van der Waals surface area contributed by atoms with Gasteiger partial charge in [-0.05, 0) is 30.9 Å². The molecule has 104 valence electrons. The van der Waals surface area contributed by atoms with Crippen LogP contribution in [0.1, 0.15) is 23.1 Å². The zero-order valence-electron chi connectivity index (χ0n) is 11.6. The summed E-state index contributed by atoms with van der Waals surface area (Å²) in [6.07, 6.45) is 3.82. The largest absolute Gasteiger partial charge is 0.352 e. The minimum absolute atomic E-state index is 0.688. The standard InChI is InChI=1S/C15H19N5/c1-11-14(19-16)17-10-18-15(11)20-8-4-7-12-5-2-3-6-13(12)9-20/h2-3,5-6,10H,4,7-9,16H2,1H3,(H,17,18,19). The van der Waals surface area contributed by atoms with Gasteiger partial charge < -0.3 is 10.3 Å². The molecule has 0 amide bonds. The molecule has 0 saturated carbocycles. The fraction of sp³-hybridized carbons (Fsp3) is 0.333. The van der Waals surface area contributed by atoms with Crippen LogP contribution in [0.15, 0.2) is 30.6 Å². The molecule has 0 unspecified atom stereocenters. The molecular formula is C15H19N5. The van der Waals surface area contributed by atoms with E-state index in [0.29, 0.717) is 5.82 Å². The lowest BCUT2D eigenvalue weighted by Gasteiger charge is -2.24. The quantitative estimate of drug-likeness (QED) is 0.645. The number of rotatable bonds is 2. The molecule has 1 aromatic carbocycles. The first-order chi connectivity index (χ1) is 9.79. The van der Waals surface area contributed by atoms with Crippen molar-refractivity contribution >= 4 is 11.6 Å². The highest BCUT2D eigenvalue weighted by molar-refractivity contribution is 5.58. The van der Waals surface area contributed by atoms with E-state index in [4.69, 9.17) is 5.84 Å². The first kappa shape index (κ1) is 12.9. The predicted molar refractivity (Wildman–Crippen MR) is 80.4 cm³/mol. The molecule has 2 aromatic rings. The highest BCUT2D eigenvalue weighted by Gasteiger charge is 2.18. The number of fused-ring (bicyclic) bond motifs is 1. The molecule has 1 aromatic heterocycles. The van der Waals surface area contributed by atoms with Gasteiger partial charge in [0.15, 0.2) is 0 Å². The van der Waals surface area contributed by atoms with Crippen LogP contribution in [-0.4, -0.2) is 16.5 Å². The van der Waals surface area contributed by atoms with E-state index in [1.165, 1.54) is 11.1 Å². The Hall–Kier alpha value is -2.14. The Morgan fingerprint density at radius 2 is 2.00 bits per heavy atom. The smallest absolute Gasteiger partial charge is 0.148 e. The van der Waals surface area contributed by atoms with E-state index in [9.17, 15) is 0 Å². The topological polar surface area (TPSA) is 67.1 Å². The Morgan fingerprint density at radius 1 is 1.20 bits per heavy atom. The highest BCUT2D eigenvalue weighted by Crippen LogP contribution is 2.26. The second-order valence-corrected chi connectivity index (χ2v) is 5.11. The van der Waals surface area contributed by atoms with Crippen molar-refractivity contribution in [3.63, 3.8) is 0 Å². The van der Waals surface area contributed by atoms with Gasteiger partial charge in [-0.1, -0.05) is 24.3 Å². The average Bonchev–Trinajstić information content (AvgIpc) is 2.69. The summed E-state index contributed by atoms with van der Waals surface area (Å²) in [5.74, 6) is 7.15. The Bertz CT molecular complexity index is 611. The first-order valence-electron chi connectivity index (χ1n) is 6.89. The molecule has 0 bridgehead atoms. The molecule has 0 radical (unpaired) electrons. The van der Waals surface area contributed by atoms with Crippen LogP contribution in [0.3, 0.4) is 0 Å². The molecule has 0 spiro atoms. The monoisotopic (exact) mass is 269 g/mol. The van der Waals surface area contributed by atoms with Crippen molar-refractivity contribution in [1.29, 1.82) is 0 Å². The molecule has 3 N–H and O–H groups in total. The Kier molecular flexibility index (Phi) is 3.52. The van der Waals surface area contributed by atoms with Gasteiger partial charge >= 0.3 is 0 Å². The number of aryl methyl sites for hydroxylation is 1. The van der Waals surface area contributed by atoms with Crippen LogP contribution in [0.5, 0.6) is 0 Å². The summed E-state index contributed by atoms with van der Waals surface area (Å²) in [6.45, 7) is 3.88. The van der Waals surface area contributed by atoms with Crippen LogP contribution in [0.4, 0.5) is 11.6 Å². The van der Waals surface area contributed by atoms with E-state index in [2.05, 4.69) is 44.6 Å². The molecule has 0 aliphatic carbocycles. The van der Waals surface area contributed by atoms with Gasteiger partial charge in [0.05, 0.1) is 0 Å². The third-order valence-electron chi connectivity index (χ3n) is 3.85. The van der Waals surface area contributed by atoms with Gasteiger partial charge in [0.2, 0.25) is 0 Å². The van der Waals surface area contributed by atoms with Crippen LogP contribution in [0.25, 0.3) is 0 Å². The summed E-state index contributed by atoms with van der Waals surface area (Å²) in [5, 5.41) is 0. The molecule has 0 fully saturated rings. The Morgan fingerprint density at radius 3 is 2.80 bits per heavy atom. The van der Waals surface area contributed by atoms with Gasteiger partial charge in [-0.3, -0.25) is 0 Å². The van der Waals surface area contributed by atoms with Crippen LogP contribution in [0.2, 0.25) is 0 Å². The van der Waals surface area contributed by atoms with Crippen molar-refractivity contribution in [1.82, 2.24) is 9.97 Å². The summed E-state index contributed by atoms with van der Waals surface area (Å²) in [4.78, 5) is 10.9. The van der Waals surface area contributed by atoms with E-state index >= 15 is 0 Å². The van der Waals surface area contributed by atoms with E-state index in [1.807, 2.05) is 6.92 Å². The maximum Gasteiger partial charge on any atom is 0.148 e. The Balaban J connectivity index is 1.95. The second-order valence-electron chi connectivity index (χ2n) is 5.11. The molecule has 0 saturated heterocycles. The van der Waals surface area contributed by atoms with Gasteiger partial charge in [-0.2, -0.15) is 0 Å². The van der Waals surface area contributed by atoms with Gasteiger partial charge in [0.25, 0.3) is 0 Å². The summed E-state index contributed by atoms with van der Waals surface area (Å²) < 4.78 is 0. The lowest BCUT2D eigenvalue weighted by Crippen LogP contribution is -2.25. The number of aromatic nitrogens is 2. The van der Waals surface area contributed by atoms with Crippen LogP contribution in [0, 0.1) is 6.92 Å². The summed E-state index contributed by atoms with van der Waals surface area (Å²) in [6, 6.07) is 8.63. The summed E-state index contributed by atoms with van der Waals surface area (Å²) >= 11 is 0. The van der Waals surface area contributed by atoms with E-state index in [0.717, 1.165) is 37.3 Å². The number of benzene rings is 1. The van der Waals surface area contributed by atoms with Gasteiger partial charge in [0, 0.05) is 18.7 Å². The Labute approximate surface area is 118 Å². The van der Waals surface area contributed by atoms with Crippen molar-refractivity contribution in [2.24, 2.45) is 5.84 Å². The van der Waals surface area contributed by atoms with Crippen molar-refractivity contribution < 1.29 is 0 Å². The molecule has 3 rings (SSSR count). The molecular weight excluding hydrogens is 250 g/mol. The molecule has 20 heavy (non-hydrogen) atoms. The maximum absolute atomic E-state index is 5.50. The maximum atomic E-state index is 5.50. The predicted octanol–water partition coefficient (Wildman–Crippen LogP) is 2.02. The summed E-state index contributed by atoms with van der Waals surface area (Å²) in [5.41, 5.74) is 6.45. The lowest BCUT2D eigenvalue weighted by molar-refractivity contribution is 0.749. The first-order valence-corrected chi connectivity index (χ1v) is 6.89. The fourth-order valence-electron chi connectivity index (χ4n) is 2.79. The van der Waals surface area contributed by atoms with Gasteiger partial charge in [-0.15, -0.1) is 0 Å². The number of nitrogens with one attached hydrogen (secondary N) is 1. The number of hydrogen-bond donors (Lipinski definition) is 2. The minimum Gasteiger partial charge on any atom is -0.352 e. The van der Waals surface area contributed by atoms with Crippen LogP contribution >= 0.6 is 0 Å². The summed E-state index contributed by atoms with van der Waals surface area (Å²) in [7, 11) is 0.